The summed E-state index contributed by atoms with van der Waals surface area (Å²) in [5, 5.41) is 7.08. The summed E-state index contributed by atoms with van der Waals surface area (Å²) in [6.07, 6.45) is 1.82. The van der Waals surface area contributed by atoms with E-state index in [1.165, 1.54) is 38.4 Å². The first-order valence-corrected chi connectivity index (χ1v) is 10.5. The van der Waals surface area contributed by atoms with Gasteiger partial charge < -0.3 is 14.8 Å². The minimum Gasteiger partial charge on any atom is -0.493 e. The summed E-state index contributed by atoms with van der Waals surface area (Å²) in [5.74, 6) is -1.33. The third-order valence-corrected chi connectivity index (χ3v) is 5.57. The Hall–Kier alpha value is -3.48. The van der Waals surface area contributed by atoms with Gasteiger partial charge in [-0.3, -0.25) is 24.1 Å². The zero-order valence-corrected chi connectivity index (χ0v) is 18.5. The molecule has 1 saturated heterocycles. The number of halogens is 2. The molecule has 0 unspecified atom stereocenters. The highest BCUT2D eigenvalue weighted by Gasteiger charge is 2.35. The molecule has 33 heavy (non-hydrogen) atoms. The summed E-state index contributed by atoms with van der Waals surface area (Å²) in [6.45, 7) is -3.07. The van der Waals surface area contributed by atoms with Gasteiger partial charge in [0.05, 0.1) is 12.0 Å². The van der Waals surface area contributed by atoms with E-state index in [1.807, 2.05) is 0 Å². The van der Waals surface area contributed by atoms with Gasteiger partial charge in [-0.25, -0.2) is 5.01 Å². The lowest BCUT2D eigenvalue weighted by molar-refractivity contribution is -0.130. The Balaban J connectivity index is 1.61. The number of alkyl halides is 2. The van der Waals surface area contributed by atoms with E-state index >= 15 is 0 Å². The highest BCUT2D eigenvalue weighted by Crippen LogP contribution is 2.34. The van der Waals surface area contributed by atoms with E-state index in [2.05, 4.69) is 15.2 Å². The van der Waals surface area contributed by atoms with Crippen molar-refractivity contribution in [2.45, 2.75) is 19.5 Å². The van der Waals surface area contributed by atoms with E-state index in [-0.39, 0.29) is 54.0 Å². The number of hydrazone groups is 1. The summed E-state index contributed by atoms with van der Waals surface area (Å²) in [4.78, 5) is 49.6. The molecule has 1 fully saturated rings. The van der Waals surface area contributed by atoms with Crippen molar-refractivity contribution in [1.29, 1.82) is 0 Å². The lowest BCUT2D eigenvalue weighted by Gasteiger charge is -2.19. The smallest absolute Gasteiger partial charge is 0.387 e. The van der Waals surface area contributed by atoms with Crippen molar-refractivity contribution < 1.29 is 37.4 Å². The Morgan fingerprint density at radius 1 is 1.27 bits per heavy atom. The maximum atomic E-state index is 12.6. The minimum absolute atomic E-state index is 0.00825. The van der Waals surface area contributed by atoms with Crippen LogP contribution in [0.5, 0.6) is 11.5 Å². The molecule has 0 saturated carbocycles. The maximum Gasteiger partial charge on any atom is 0.387 e. The molecule has 2 heterocycles. The quantitative estimate of drug-likeness (QED) is 0.564. The summed E-state index contributed by atoms with van der Waals surface area (Å²) < 4.78 is 34.3. The number of imide groups is 1. The monoisotopic (exact) mass is 482 g/mol. The molecular weight excluding hydrogens is 462 g/mol. The van der Waals surface area contributed by atoms with Crippen LogP contribution in [0.2, 0.25) is 0 Å². The van der Waals surface area contributed by atoms with Gasteiger partial charge in [0, 0.05) is 33.0 Å². The number of nitrogens with one attached hydrogen (secondary N) is 1. The van der Waals surface area contributed by atoms with Gasteiger partial charge in [0.15, 0.2) is 11.5 Å². The van der Waals surface area contributed by atoms with Crippen molar-refractivity contribution in [2.24, 2.45) is 5.10 Å². The van der Waals surface area contributed by atoms with Crippen molar-refractivity contribution in [3.05, 3.63) is 28.7 Å². The molecule has 2 aliphatic heterocycles. The second-order valence-electron chi connectivity index (χ2n) is 6.84. The SMILES string of the molecule is COc1cc(/C=C2\SC(=O)N(CCNC(=O)C3=NN(C)C(=O)CC3)C2=O)ccc1OC(F)F. The van der Waals surface area contributed by atoms with Crippen molar-refractivity contribution in [3.8, 4) is 11.5 Å². The number of amides is 4. The number of hydrogen-bond acceptors (Lipinski definition) is 8. The average Bonchev–Trinajstić information content (AvgIpc) is 3.03. The lowest BCUT2D eigenvalue weighted by atomic mass is 10.1. The Kier molecular flexibility index (Phi) is 7.63. The first kappa shape index (κ1) is 24.2. The van der Waals surface area contributed by atoms with Crippen LogP contribution in [0.15, 0.2) is 28.2 Å². The van der Waals surface area contributed by atoms with E-state index in [9.17, 15) is 28.0 Å². The number of carbonyl (C=O) groups is 4. The Morgan fingerprint density at radius 2 is 2.03 bits per heavy atom. The van der Waals surface area contributed by atoms with Crippen LogP contribution in [0.4, 0.5) is 13.6 Å². The maximum absolute atomic E-state index is 12.6. The van der Waals surface area contributed by atoms with Crippen LogP contribution in [0, 0.1) is 0 Å². The third kappa shape index (κ3) is 5.86. The van der Waals surface area contributed by atoms with Gasteiger partial charge in [-0.1, -0.05) is 6.07 Å². The molecule has 0 atom stereocenters. The summed E-state index contributed by atoms with van der Waals surface area (Å²) in [7, 11) is 2.74. The predicted octanol–water partition coefficient (Wildman–Crippen LogP) is 2.06. The zero-order chi connectivity index (χ0) is 24.1. The molecule has 0 bridgehead atoms. The number of carbonyl (C=O) groups excluding carboxylic acids is 4. The predicted molar refractivity (Wildman–Crippen MR) is 115 cm³/mol. The van der Waals surface area contributed by atoms with E-state index in [0.29, 0.717) is 5.56 Å². The van der Waals surface area contributed by atoms with Gasteiger partial charge >= 0.3 is 6.61 Å². The van der Waals surface area contributed by atoms with Crippen molar-refractivity contribution >= 4 is 46.5 Å². The third-order valence-electron chi connectivity index (χ3n) is 4.67. The van der Waals surface area contributed by atoms with Gasteiger partial charge in [-0.2, -0.15) is 13.9 Å². The van der Waals surface area contributed by atoms with Crippen LogP contribution in [0.3, 0.4) is 0 Å². The Labute approximate surface area is 191 Å². The number of ether oxygens (including phenoxy) is 2. The highest BCUT2D eigenvalue weighted by atomic mass is 32.2. The van der Waals surface area contributed by atoms with E-state index < -0.39 is 23.7 Å². The first-order valence-electron chi connectivity index (χ1n) is 9.70. The molecule has 3 rings (SSSR count). The van der Waals surface area contributed by atoms with Crippen molar-refractivity contribution in [3.63, 3.8) is 0 Å². The molecular formula is C20H20F2N4O6S. The van der Waals surface area contributed by atoms with E-state index in [0.717, 1.165) is 21.7 Å². The van der Waals surface area contributed by atoms with Crippen LogP contribution < -0.4 is 14.8 Å². The molecule has 4 amide bonds. The first-order chi connectivity index (χ1) is 15.7. The molecule has 0 spiro atoms. The van der Waals surface area contributed by atoms with Gasteiger partial charge in [0.2, 0.25) is 5.91 Å². The fourth-order valence-electron chi connectivity index (χ4n) is 3.03. The number of nitrogens with zero attached hydrogens (tertiary/aromatic N) is 3. The topological polar surface area (TPSA) is 118 Å². The molecule has 1 aromatic rings. The molecule has 13 heteroatoms. The van der Waals surface area contributed by atoms with Crippen LogP contribution in [0.1, 0.15) is 18.4 Å². The summed E-state index contributed by atoms with van der Waals surface area (Å²) in [6, 6.07) is 4.12. The normalized spacial score (nSPS) is 17.7. The highest BCUT2D eigenvalue weighted by molar-refractivity contribution is 8.18. The minimum atomic E-state index is -3.02. The fraction of sp³-hybridized carbons (Fsp3) is 0.350. The molecule has 176 valence electrons. The molecule has 0 aliphatic carbocycles. The standard InChI is InChI=1S/C20H20F2N4O6S/c1-25-16(27)6-4-12(24-25)17(28)23-7-8-26-18(29)15(33-20(26)30)10-11-3-5-13(32-19(21)22)14(9-11)31-2/h3,5,9-10,19H,4,6-8H2,1-2H3,(H,23,28)/b15-10-. The molecule has 0 radical (unpaired) electrons. The lowest BCUT2D eigenvalue weighted by Crippen LogP contribution is -2.41. The van der Waals surface area contributed by atoms with Crippen LogP contribution in [-0.2, 0) is 14.4 Å². The van der Waals surface area contributed by atoms with Crippen LogP contribution in [-0.4, -0.2) is 72.4 Å². The fourth-order valence-corrected chi connectivity index (χ4v) is 3.89. The summed E-state index contributed by atoms with van der Waals surface area (Å²) >= 11 is 0.718. The molecule has 0 aromatic heterocycles. The van der Waals surface area contributed by atoms with Gasteiger partial charge in [-0.05, 0) is 35.5 Å². The average molecular weight is 482 g/mol. The largest absolute Gasteiger partial charge is 0.493 e. The Morgan fingerprint density at radius 3 is 2.70 bits per heavy atom. The molecule has 1 aromatic carbocycles. The molecule has 10 nitrogen and oxygen atoms in total. The van der Waals surface area contributed by atoms with Crippen LogP contribution in [0.25, 0.3) is 6.08 Å². The summed E-state index contributed by atoms with van der Waals surface area (Å²) in [5.41, 5.74) is 0.639. The van der Waals surface area contributed by atoms with E-state index in [1.54, 1.807) is 0 Å². The zero-order valence-electron chi connectivity index (χ0n) is 17.7. The Bertz CT molecular complexity index is 1050. The second-order valence-corrected chi connectivity index (χ2v) is 7.84. The van der Waals surface area contributed by atoms with Gasteiger partial charge in [0.25, 0.3) is 17.1 Å². The van der Waals surface area contributed by atoms with Gasteiger partial charge in [0.1, 0.15) is 5.71 Å². The number of benzene rings is 1. The molecule has 2 aliphatic rings. The second kappa shape index (κ2) is 10.4. The van der Waals surface area contributed by atoms with Crippen molar-refractivity contribution in [2.75, 3.05) is 27.2 Å². The number of thioether (sulfide) groups is 1. The van der Waals surface area contributed by atoms with Crippen molar-refractivity contribution in [1.82, 2.24) is 15.2 Å². The number of hydrogen-bond donors (Lipinski definition) is 1. The van der Waals surface area contributed by atoms with Crippen LogP contribution >= 0.6 is 11.8 Å². The number of rotatable bonds is 8. The van der Waals surface area contributed by atoms with E-state index in [4.69, 9.17) is 4.74 Å². The molecule has 1 N–H and O–H groups in total. The van der Waals surface area contributed by atoms with Gasteiger partial charge in [-0.15, -0.1) is 0 Å². The number of methoxy groups -OCH3 is 1.